The van der Waals surface area contributed by atoms with E-state index in [0.717, 1.165) is 39.1 Å². The number of nitrogens with zero attached hydrogens (tertiary/aromatic N) is 1. The smallest absolute Gasteiger partial charge is 0.250 e. The standard InChI is InChI=1S/C20H20N2O2/c1-12-8-9-15(24-12)11-22-19(13(2)14(3)20(22)23)17-10-21-18-7-5-4-6-16(17)18/h4-10,19,21H,11H2,1-3H3/t19-/m1/s1. The van der Waals surface area contributed by atoms with Crippen LogP contribution in [0, 0.1) is 6.92 Å². The molecule has 1 atom stereocenters. The van der Waals surface area contributed by atoms with Crippen molar-refractivity contribution in [2.75, 3.05) is 0 Å². The third-order valence-electron chi connectivity index (χ3n) is 4.93. The van der Waals surface area contributed by atoms with Crippen molar-refractivity contribution in [1.29, 1.82) is 0 Å². The lowest BCUT2D eigenvalue weighted by Crippen LogP contribution is -2.29. The molecular weight excluding hydrogens is 300 g/mol. The summed E-state index contributed by atoms with van der Waals surface area (Å²) in [6.07, 6.45) is 2.02. The average molecular weight is 320 g/mol. The summed E-state index contributed by atoms with van der Waals surface area (Å²) in [5.41, 5.74) is 4.16. The van der Waals surface area contributed by atoms with E-state index in [2.05, 4.69) is 17.1 Å². The van der Waals surface area contributed by atoms with Gasteiger partial charge >= 0.3 is 0 Å². The van der Waals surface area contributed by atoms with Gasteiger partial charge in [0.2, 0.25) is 0 Å². The fourth-order valence-electron chi connectivity index (χ4n) is 3.56. The Morgan fingerprint density at radius 2 is 1.92 bits per heavy atom. The molecule has 0 saturated heterocycles. The van der Waals surface area contributed by atoms with Crippen LogP contribution in [-0.4, -0.2) is 15.8 Å². The Morgan fingerprint density at radius 3 is 2.67 bits per heavy atom. The molecular formula is C20H20N2O2. The number of H-pyrrole nitrogens is 1. The molecule has 1 N–H and O–H groups in total. The van der Waals surface area contributed by atoms with Gasteiger partial charge in [-0.05, 0) is 44.5 Å². The van der Waals surface area contributed by atoms with E-state index in [1.54, 1.807) is 0 Å². The first-order valence-electron chi connectivity index (χ1n) is 8.16. The van der Waals surface area contributed by atoms with Crippen molar-refractivity contribution in [3.8, 4) is 0 Å². The van der Waals surface area contributed by atoms with Gasteiger partial charge in [-0.25, -0.2) is 0 Å². The van der Waals surface area contributed by atoms with Gasteiger partial charge in [-0.15, -0.1) is 0 Å². The summed E-state index contributed by atoms with van der Waals surface area (Å²) in [7, 11) is 0. The average Bonchev–Trinajstić information content (AvgIpc) is 3.23. The molecule has 0 radical (unpaired) electrons. The minimum Gasteiger partial charge on any atom is -0.464 e. The third kappa shape index (κ3) is 2.18. The number of aryl methyl sites for hydroxylation is 1. The second-order valence-corrected chi connectivity index (χ2v) is 6.45. The van der Waals surface area contributed by atoms with E-state index in [1.807, 2.05) is 56.1 Å². The van der Waals surface area contributed by atoms with E-state index in [-0.39, 0.29) is 11.9 Å². The molecule has 122 valence electrons. The Kier molecular flexibility index (Phi) is 3.34. The number of carbonyl (C=O) groups excluding carboxylic acids is 1. The Balaban J connectivity index is 1.79. The second kappa shape index (κ2) is 5.41. The van der Waals surface area contributed by atoms with Crippen LogP contribution in [0.3, 0.4) is 0 Å². The molecule has 1 aliphatic heterocycles. The van der Waals surface area contributed by atoms with Crippen molar-refractivity contribution in [3.05, 3.63) is 70.8 Å². The maximum absolute atomic E-state index is 12.8. The number of para-hydroxylation sites is 1. The number of carbonyl (C=O) groups is 1. The van der Waals surface area contributed by atoms with Crippen molar-refractivity contribution in [3.63, 3.8) is 0 Å². The van der Waals surface area contributed by atoms with Gasteiger partial charge in [-0.3, -0.25) is 4.79 Å². The van der Waals surface area contributed by atoms with Crippen LogP contribution in [0.2, 0.25) is 0 Å². The number of aromatic amines is 1. The molecule has 24 heavy (non-hydrogen) atoms. The fraction of sp³-hybridized carbons (Fsp3) is 0.250. The second-order valence-electron chi connectivity index (χ2n) is 6.45. The van der Waals surface area contributed by atoms with E-state index < -0.39 is 0 Å². The third-order valence-corrected chi connectivity index (χ3v) is 4.93. The largest absolute Gasteiger partial charge is 0.464 e. The van der Waals surface area contributed by atoms with Crippen molar-refractivity contribution >= 4 is 16.8 Å². The number of benzene rings is 1. The highest BCUT2D eigenvalue weighted by Gasteiger charge is 2.37. The molecule has 3 aromatic rings. The molecule has 4 nitrogen and oxygen atoms in total. The van der Waals surface area contributed by atoms with Crippen molar-refractivity contribution in [2.45, 2.75) is 33.4 Å². The highest BCUT2D eigenvalue weighted by atomic mass is 16.3. The van der Waals surface area contributed by atoms with Gasteiger partial charge < -0.3 is 14.3 Å². The lowest BCUT2D eigenvalue weighted by molar-refractivity contribution is -0.128. The van der Waals surface area contributed by atoms with E-state index >= 15 is 0 Å². The van der Waals surface area contributed by atoms with Crippen molar-refractivity contribution < 1.29 is 9.21 Å². The lowest BCUT2D eigenvalue weighted by atomic mass is 9.98. The van der Waals surface area contributed by atoms with Crippen molar-refractivity contribution in [2.24, 2.45) is 0 Å². The summed E-state index contributed by atoms with van der Waals surface area (Å²) in [6, 6.07) is 12.0. The Morgan fingerprint density at radius 1 is 1.12 bits per heavy atom. The van der Waals surface area contributed by atoms with Crippen molar-refractivity contribution in [1.82, 2.24) is 9.88 Å². The zero-order valence-electron chi connectivity index (χ0n) is 14.1. The fourth-order valence-corrected chi connectivity index (χ4v) is 3.56. The van der Waals surface area contributed by atoms with Crippen LogP contribution in [0.4, 0.5) is 0 Å². The molecule has 0 saturated carbocycles. The van der Waals surface area contributed by atoms with Crippen LogP contribution in [0.1, 0.15) is 37.0 Å². The SMILES string of the molecule is CC1=C(C)[C@H](c2c[nH]c3ccccc23)N(Cc2ccc(C)o2)C1=O. The number of furan rings is 1. The Labute approximate surface area is 140 Å². The maximum atomic E-state index is 12.8. The first kappa shape index (κ1) is 14.8. The first-order chi connectivity index (χ1) is 11.6. The minimum atomic E-state index is -0.0564. The molecule has 3 heterocycles. The van der Waals surface area contributed by atoms with Crippen LogP contribution >= 0.6 is 0 Å². The molecule has 4 rings (SSSR count). The predicted octanol–water partition coefficient (Wildman–Crippen LogP) is 4.49. The summed E-state index contributed by atoms with van der Waals surface area (Å²) in [5.74, 6) is 1.76. The summed E-state index contributed by atoms with van der Waals surface area (Å²) in [5, 5.41) is 1.16. The van der Waals surface area contributed by atoms with Crippen LogP contribution in [0.15, 0.2) is 58.2 Å². The van der Waals surface area contributed by atoms with Gasteiger partial charge in [0, 0.05) is 28.2 Å². The molecule has 1 amide bonds. The zero-order chi connectivity index (χ0) is 16.8. The molecule has 0 bridgehead atoms. The highest BCUT2D eigenvalue weighted by molar-refractivity contribution is 5.98. The Bertz CT molecular complexity index is 961. The number of hydrogen-bond acceptors (Lipinski definition) is 2. The van der Waals surface area contributed by atoms with Gasteiger partial charge in [0.05, 0.1) is 12.6 Å². The molecule has 0 aliphatic carbocycles. The van der Waals surface area contributed by atoms with E-state index in [4.69, 9.17) is 4.42 Å². The van der Waals surface area contributed by atoms with Gasteiger partial charge in [-0.1, -0.05) is 18.2 Å². The van der Waals surface area contributed by atoms with E-state index in [9.17, 15) is 4.79 Å². The molecule has 0 unspecified atom stereocenters. The normalized spacial score (nSPS) is 18.2. The molecule has 0 spiro atoms. The zero-order valence-corrected chi connectivity index (χ0v) is 14.1. The number of aromatic nitrogens is 1. The number of hydrogen-bond donors (Lipinski definition) is 1. The molecule has 1 aromatic carbocycles. The minimum absolute atomic E-state index is 0.0564. The van der Waals surface area contributed by atoms with Gasteiger partial charge in [0.25, 0.3) is 5.91 Å². The van der Waals surface area contributed by atoms with Crippen LogP contribution in [0.5, 0.6) is 0 Å². The lowest BCUT2D eigenvalue weighted by Gasteiger charge is -2.25. The van der Waals surface area contributed by atoms with Gasteiger partial charge in [0.1, 0.15) is 11.5 Å². The summed E-state index contributed by atoms with van der Waals surface area (Å²) in [6.45, 7) is 6.35. The maximum Gasteiger partial charge on any atom is 0.250 e. The number of fused-ring (bicyclic) bond motifs is 1. The van der Waals surface area contributed by atoms with Crippen LogP contribution in [-0.2, 0) is 11.3 Å². The number of amides is 1. The van der Waals surface area contributed by atoms with Gasteiger partial charge in [-0.2, -0.15) is 0 Å². The summed E-state index contributed by atoms with van der Waals surface area (Å²) < 4.78 is 5.70. The summed E-state index contributed by atoms with van der Waals surface area (Å²) in [4.78, 5) is 18.0. The predicted molar refractivity (Wildman–Crippen MR) is 93.4 cm³/mol. The Hall–Kier alpha value is -2.75. The monoisotopic (exact) mass is 320 g/mol. The molecule has 0 fully saturated rings. The summed E-state index contributed by atoms with van der Waals surface area (Å²) >= 11 is 0. The van der Waals surface area contributed by atoms with E-state index in [1.165, 1.54) is 0 Å². The number of nitrogens with one attached hydrogen (secondary N) is 1. The first-order valence-corrected chi connectivity index (χ1v) is 8.16. The van der Waals surface area contributed by atoms with E-state index in [0.29, 0.717) is 6.54 Å². The highest BCUT2D eigenvalue weighted by Crippen LogP contribution is 2.41. The quantitative estimate of drug-likeness (QED) is 0.773. The van der Waals surface area contributed by atoms with Gasteiger partial charge in [0.15, 0.2) is 0 Å². The molecule has 4 heteroatoms. The number of rotatable bonds is 3. The topological polar surface area (TPSA) is 49.2 Å². The molecule has 2 aromatic heterocycles. The van der Waals surface area contributed by atoms with Crippen LogP contribution in [0.25, 0.3) is 10.9 Å². The van der Waals surface area contributed by atoms with Crippen LogP contribution < -0.4 is 0 Å². The molecule has 1 aliphatic rings.